The van der Waals surface area contributed by atoms with E-state index in [1.54, 1.807) is 35.6 Å². The van der Waals surface area contributed by atoms with Crippen LogP contribution in [-0.4, -0.2) is 27.8 Å². The molecule has 0 atom stereocenters. The molecule has 4 rings (SSSR count). The summed E-state index contributed by atoms with van der Waals surface area (Å²) in [4.78, 5) is 47.0. The minimum Gasteiger partial charge on any atom is -0.324 e. The Hall–Kier alpha value is -2.97. The third-order valence-corrected chi connectivity index (χ3v) is 6.31. The third kappa shape index (κ3) is 3.44. The van der Waals surface area contributed by atoms with E-state index >= 15 is 0 Å². The highest BCUT2D eigenvalue weighted by Gasteiger charge is 2.39. The zero-order valence-electron chi connectivity index (χ0n) is 14.7. The molecule has 0 fully saturated rings. The number of carbonyl (C=O) groups excluding carboxylic acids is 3. The summed E-state index contributed by atoms with van der Waals surface area (Å²) in [7, 11) is 0. The van der Waals surface area contributed by atoms with Crippen LogP contribution in [0.5, 0.6) is 0 Å². The summed E-state index contributed by atoms with van der Waals surface area (Å²) in [6.45, 7) is 1.92. The van der Waals surface area contributed by atoms with E-state index in [1.165, 1.54) is 23.9 Å². The molecule has 0 bridgehead atoms. The quantitative estimate of drug-likeness (QED) is 0.465. The molecule has 0 unspecified atom stereocenters. The largest absolute Gasteiger partial charge is 0.364 e. The Bertz CT molecular complexity index is 1060. The molecule has 3 aromatic rings. The first-order valence-corrected chi connectivity index (χ1v) is 10.2. The Morgan fingerprint density at radius 1 is 1.07 bits per heavy atom. The van der Waals surface area contributed by atoms with Crippen molar-refractivity contribution in [2.24, 2.45) is 0 Å². The predicted molar refractivity (Wildman–Crippen MR) is 105 cm³/mol. The molecule has 0 radical (unpaired) electrons. The van der Waals surface area contributed by atoms with Gasteiger partial charge >= 0.3 is 5.97 Å². The van der Waals surface area contributed by atoms with Gasteiger partial charge in [-0.2, -0.15) is 0 Å². The topological polar surface area (TPSA) is 76.6 Å². The summed E-state index contributed by atoms with van der Waals surface area (Å²) in [5, 5.41) is 2.49. The van der Waals surface area contributed by atoms with Gasteiger partial charge < -0.3 is 4.84 Å². The summed E-state index contributed by atoms with van der Waals surface area (Å²) in [5.41, 5.74) is 2.44. The molecule has 8 heteroatoms. The molecule has 2 amide bonds. The molecule has 0 saturated carbocycles. The number of carbonyl (C=O) groups is 3. The van der Waals surface area contributed by atoms with Crippen LogP contribution in [0.2, 0.25) is 0 Å². The molecule has 1 aliphatic rings. The second-order valence-electron chi connectivity index (χ2n) is 6.03. The van der Waals surface area contributed by atoms with Crippen molar-refractivity contribution in [1.82, 2.24) is 10.0 Å². The lowest BCUT2D eigenvalue weighted by molar-refractivity contribution is -0.0585. The van der Waals surface area contributed by atoms with Crippen molar-refractivity contribution in [2.75, 3.05) is 0 Å². The molecule has 0 aliphatic carbocycles. The number of aryl methyl sites for hydroxylation is 1. The number of aromatic nitrogens is 1. The van der Waals surface area contributed by atoms with E-state index in [9.17, 15) is 14.4 Å². The van der Waals surface area contributed by atoms with E-state index in [4.69, 9.17) is 4.84 Å². The van der Waals surface area contributed by atoms with Crippen LogP contribution in [0.25, 0.3) is 0 Å². The van der Waals surface area contributed by atoms with Crippen LogP contribution >= 0.6 is 23.1 Å². The fourth-order valence-electron chi connectivity index (χ4n) is 2.77. The average molecular weight is 410 g/mol. The maximum atomic E-state index is 12.7. The number of thiazole rings is 1. The lowest BCUT2D eigenvalue weighted by Gasteiger charge is -2.14. The Morgan fingerprint density at radius 3 is 2.36 bits per heavy atom. The van der Waals surface area contributed by atoms with Crippen molar-refractivity contribution in [3.63, 3.8) is 0 Å². The fourth-order valence-corrected chi connectivity index (χ4v) is 4.62. The van der Waals surface area contributed by atoms with Crippen LogP contribution < -0.4 is 0 Å². The summed E-state index contributed by atoms with van der Waals surface area (Å²) in [6, 6.07) is 13.3. The maximum Gasteiger partial charge on any atom is 0.364 e. The van der Waals surface area contributed by atoms with Gasteiger partial charge in [0.1, 0.15) is 4.34 Å². The van der Waals surface area contributed by atoms with Crippen LogP contribution in [0.4, 0.5) is 0 Å². The summed E-state index contributed by atoms with van der Waals surface area (Å²) in [5.74, 6) is -1.51. The number of benzene rings is 2. The first-order chi connectivity index (χ1) is 13.5. The second kappa shape index (κ2) is 7.57. The molecular weight excluding hydrogens is 396 g/mol. The number of hydrogen-bond donors (Lipinski definition) is 0. The third-order valence-electron chi connectivity index (χ3n) is 4.12. The van der Waals surface area contributed by atoms with Crippen LogP contribution in [0.1, 0.15) is 42.3 Å². The summed E-state index contributed by atoms with van der Waals surface area (Å²) >= 11 is 3.05. The lowest BCUT2D eigenvalue weighted by Crippen LogP contribution is -2.33. The normalized spacial score (nSPS) is 13.0. The van der Waals surface area contributed by atoms with Gasteiger partial charge in [-0.25, -0.2) is 9.78 Å². The first-order valence-electron chi connectivity index (χ1n) is 8.37. The number of rotatable bonds is 5. The van der Waals surface area contributed by atoms with Gasteiger partial charge in [-0.05, 0) is 30.7 Å². The molecule has 2 heterocycles. The molecule has 6 nitrogen and oxygen atoms in total. The highest BCUT2D eigenvalue weighted by Crippen LogP contribution is 2.28. The highest BCUT2D eigenvalue weighted by molar-refractivity contribution is 8.00. The molecule has 1 aliphatic heterocycles. The number of amides is 2. The van der Waals surface area contributed by atoms with E-state index in [2.05, 4.69) is 4.98 Å². The van der Waals surface area contributed by atoms with Gasteiger partial charge in [0, 0.05) is 16.8 Å². The smallest absolute Gasteiger partial charge is 0.324 e. The molecule has 140 valence electrons. The molecule has 0 spiro atoms. The molecule has 0 saturated heterocycles. The van der Waals surface area contributed by atoms with Crippen LogP contribution in [0.3, 0.4) is 0 Å². The Morgan fingerprint density at radius 2 is 1.71 bits per heavy atom. The van der Waals surface area contributed by atoms with Crippen molar-refractivity contribution in [1.29, 1.82) is 0 Å². The molecular formula is C20H14N2O4S2. The molecule has 28 heavy (non-hydrogen) atoms. The van der Waals surface area contributed by atoms with Crippen LogP contribution in [0.15, 0.2) is 58.3 Å². The average Bonchev–Trinajstić information content (AvgIpc) is 3.23. The minimum absolute atomic E-state index is 0.225. The molecule has 1 aromatic heterocycles. The SMILES string of the molecule is Cc1csc(SCc2ccccc2C(=O)ON2C(=O)c3ccccc3C2=O)n1. The standard InChI is InChI=1S/C20H14N2O4S2/c1-12-10-27-20(21-12)28-11-13-6-2-3-7-14(13)19(25)26-22-17(23)15-8-4-5-9-16(15)18(22)24/h2-10H,11H2,1H3. The predicted octanol–water partition coefficient (Wildman–Crippen LogP) is 4.11. The Kier molecular flexibility index (Phi) is 4.97. The highest BCUT2D eigenvalue weighted by atomic mass is 32.2. The second-order valence-corrected chi connectivity index (χ2v) is 8.11. The summed E-state index contributed by atoms with van der Waals surface area (Å²) < 4.78 is 0.904. The fraction of sp³-hybridized carbons (Fsp3) is 0.100. The van der Waals surface area contributed by atoms with Gasteiger partial charge in [0.15, 0.2) is 0 Å². The van der Waals surface area contributed by atoms with Crippen molar-refractivity contribution in [3.05, 3.63) is 81.9 Å². The summed E-state index contributed by atoms with van der Waals surface area (Å²) in [6.07, 6.45) is 0. The van der Waals surface area contributed by atoms with Gasteiger partial charge in [-0.15, -0.1) is 11.3 Å². The van der Waals surface area contributed by atoms with Gasteiger partial charge in [0.2, 0.25) is 0 Å². The molecule has 2 aromatic carbocycles. The Balaban J connectivity index is 1.51. The van der Waals surface area contributed by atoms with Crippen molar-refractivity contribution < 1.29 is 19.2 Å². The number of fused-ring (bicyclic) bond motifs is 1. The van der Waals surface area contributed by atoms with Gasteiger partial charge in [-0.3, -0.25) is 9.59 Å². The van der Waals surface area contributed by atoms with Crippen molar-refractivity contribution >= 4 is 40.9 Å². The van der Waals surface area contributed by atoms with Crippen molar-refractivity contribution in [2.45, 2.75) is 17.0 Å². The first kappa shape index (κ1) is 18.4. The van der Waals surface area contributed by atoms with E-state index in [-0.39, 0.29) is 11.1 Å². The van der Waals surface area contributed by atoms with E-state index in [0.717, 1.165) is 15.6 Å². The van der Waals surface area contributed by atoms with E-state index < -0.39 is 17.8 Å². The van der Waals surface area contributed by atoms with Crippen molar-refractivity contribution in [3.8, 4) is 0 Å². The number of nitrogens with zero attached hydrogens (tertiary/aromatic N) is 2. The van der Waals surface area contributed by atoms with E-state index in [1.807, 2.05) is 24.4 Å². The number of imide groups is 1. The minimum atomic E-state index is -0.749. The monoisotopic (exact) mass is 410 g/mol. The zero-order valence-corrected chi connectivity index (χ0v) is 16.4. The maximum absolute atomic E-state index is 12.7. The van der Waals surface area contributed by atoms with E-state index in [0.29, 0.717) is 16.4 Å². The zero-order chi connectivity index (χ0) is 19.7. The van der Waals surface area contributed by atoms with Gasteiger partial charge in [0.25, 0.3) is 11.8 Å². The molecule has 0 N–H and O–H groups in total. The van der Waals surface area contributed by atoms with Crippen LogP contribution in [-0.2, 0) is 10.6 Å². The van der Waals surface area contributed by atoms with Crippen LogP contribution in [0, 0.1) is 6.92 Å². The van der Waals surface area contributed by atoms with Gasteiger partial charge in [-0.1, -0.05) is 47.2 Å². The van der Waals surface area contributed by atoms with Gasteiger partial charge in [0.05, 0.1) is 16.7 Å². The lowest BCUT2D eigenvalue weighted by atomic mass is 10.1. The number of hydroxylamine groups is 2. The number of hydrogen-bond acceptors (Lipinski definition) is 7. The Labute approximate surface area is 169 Å². The number of thioether (sulfide) groups is 1.